The molecule has 1 amide bonds. The molecule has 0 saturated heterocycles. The molecule has 0 radical (unpaired) electrons. The molecule has 4 nitrogen and oxygen atoms in total. The van der Waals surface area contributed by atoms with Crippen LogP contribution in [0.15, 0.2) is 23.1 Å². The molecule has 0 aliphatic carbocycles. The predicted molar refractivity (Wildman–Crippen MR) is 66.2 cm³/mol. The number of hydrogen-bond donors (Lipinski definition) is 2. The number of nitrogens with one attached hydrogen (secondary N) is 1. The van der Waals surface area contributed by atoms with Crippen LogP contribution in [-0.2, 0) is 4.79 Å². The van der Waals surface area contributed by atoms with Gasteiger partial charge in [0.05, 0.1) is 18.0 Å². The summed E-state index contributed by atoms with van der Waals surface area (Å²) >= 11 is 1.54. The van der Waals surface area contributed by atoms with Crippen molar-refractivity contribution in [1.82, 2.24) is 0 Å². The molecule has 0 unspecified atom stereocenters. The second kappa shape index (κ2) is 4.76. The molecule has 16 heavy (non-hydrogen) atoms. The number of hydrogen-bond acceptors (Lipinski definition) is 4. The maximum Gasteiger partial charge on any atom is 0.237 e. The zero-order valence-electron chi connectivity index (χ0n) is 9.06. The molecule has 0 saturated carbocycles. The lowest BCUT2D eigenvalue weighted by Crippen LogP contribution is -2.37. The Morgan fingerprint density at radius 2 is 2.38 bits per heavy atom. The van der Waals surface area contributed by atoms with Crippen LogP contribution in [0.4, 0.5) is 11.4 Å². The first kappa shape index (κ1) is 11.3. The second-order valence-electron chi connectivity index (χ2n) is 3.49. The Balaban J connectivity index is 2.39. The topological polar surface area (TPSA) is 52.6 Å². The fourth-order valence-corrected chi connectivity index (χ4v) is 2.62. The molecular weight excluding hydrogens is 224 g/mol. The lowest BCUT2D eigenvalue weighted by molar-refractivity contribution is -0.116. The van der Waals surface area contributed by atoms with Crippen molar-refractivity contribution in [1.29, 1.82) is 0 Å². The van der Waals surface area contributed by atoms with Crippen molar-refractivity contribution in [3.8, 4) is 0 Å². The first-order chi connectivity index (χ1) is 7.76. The lowest BCUT2D eigenvalue weighted by atomic mass is 10.2. The summed E-state index contributed by atoms with van der Waals surface area (Å²) in [6.45, 7) is 0.346. The highest BCUT2D eigenvalue weighted by Crippen LogP contribution is 2.36. The minimum absolute atomic E-state index is 0.0143. The first-order valence-corrected chi connectivity index (χ1v) is 6.10. The second-order valence-corrected chi connectivity index (χ2v) is 4.51. The van der Waals surface area contributed by atoms with E-state index in [0.29, 0.717) is 12.3 Å². The summed E-state index contributed by atoms with van der Waals surface area (Å²) in [5, 5.41) is 12.0. The molecule has 0 atom stereocenters. The number of anilines is 2. The molecule has 1 aromatic rings. The van der Waals surface area contributed by atoms with Crippen LogP contribution in [-0.4, -0.2) is 37.0 Å². The van der Waals surface area contributed by atoms with Crippen molar-refractivity contribution in [2.75, 3.05) is 36.2 Å². The normalized spacial score (nSPS) is 14.9. The number of fused-ring (bicyclic) bond motifs is 1. The Labute approximate surface area is 98.6 Å². The molecule has 5 heteroatoms. The number of nitrogens with zero attached hydrogens (tertiary/aromatic N) is 1. The third-order valence-corrected chi connectivity index (χ3v) is 3.56. The molecule has 1 aliphatic heterocycles. The molecule has 2 rings (SSSR count). The van der Waals surface area contributed by atoms with Crippen molar-refractivity contribution in [2.45, 2.75) is 4.90 Å². The monoisotopic (exact) mass is 238 g/mol. The van der Waals surface area contributed by atoms with Crippen LogP contribution in [0.5, 0.6) is 0 Å². The standard InChI is InChI=1S/C11H14N2O2S/c1-12-8-2-3-10-9(6-8)13(4-5-14)11(15)7-16-10/h2-3,6,12,14H,4-5,7H2,1H3. The predicted octanol–water partition coefficient (Wildman–Crippen LogP) is 1.16. The van der Waals surface area contributed by atoms with Crippen molar-refractivity contribution in [3.63, 3.8) is 0 Å². The highest BCUT2D eigenvalue weighted by molar-refractivity contribution is 8.00. The molecule has 0 spiro atoms. The molecule has 86 valence electrons. The van der Waals surface area contributed by atoms with Gasteiger partial charge in [0, 0.05) is 24.2 Å². The van der Waals surface area contributed by atoms with E-state index in [0.717, 1.165) is 16.3 Å². The Morgan fingerprint density at radius 1 is 1.56 bits per heavy atom. The summed E-state index contributed by atoms with van der Waals surface area (Å²) in [4.78, 5) is 14.5. The molecule has 0 aromatic heterocycles. The minimum Gasteiger partial charge on any atom is -0.395 e. The Bertz CT molecular complexity index is 409. The number of thioether (sulfide) groups is 1. The lowest BCUT2D eigenvalue weighted by Gasteiger charge is -2.28. The Hall–Kier alpha value is -1.20. The fraction of sp³-hybridized carbons (Fsp3) is 0.364. The van der Waals surface area contributed by atoms with E-state index >= 15 is 0 Å². The maximum absolute atomic E-state index is 11.7. The van der Waals surface area contributed by atoms with Crippen molar-refractivity contribution in [2.24, 2.45) is 0 Å². The van der Waals surface area contributed by atoms with Gasteiger partial charge in [-0.05, 0) is 18.2 Å². The van der Waals surface area contributed by atoms with Gasteiger partial charge in [-0.25, -0.2) is 0 Å². The van der Waals surface area contributed by atoms with Crippen molar-refractivity contribution in [3.05, 3.63) is 18.2 Å². The van der Waals surface area contributed by atoms with Crippen LogP contribution in [0.25, 0.3) is 0 Å². The van der Waals surface area contributed by atoms with Crippen LogP contribution in [0.2, 0.25) is 0 Å². The van der Waals surface area contributed by atoms with Gasteiger partial charge in [0.25, 0.3) is 0 Å². The van der Waals surface area contributed by atoms with Crippen molar-refractivity contribution >= 4 is 29.0 Å². The van der Waals surface area contributed by atoms with Crippen LogP contribution in [0, 0.1) is 0 Å². The maximum atomic E-state index is 11.7. The summed E-state index contributed by atoms with van der Waals surface area (Å²) in [6.07, 6.45) is 0. The number of β-amino-alcohol motifs (C(OH)–C–C–N with tert-alkyl or cyclic N) is 1. The van der Waals surface area contributed by atoms with Gasteiger partial charge in [-0.3, -0.25) is 4.79 Å². The summed E-state index contributed by atoms with van der Waals surface area (Å²) in [6, 6.07) is 5.93. The fourth-order valence-electron chi connectivity index (χ4n) is 1.70. The average molecular weight is 238 g/mol. The van der Waals surface area contributed by atoms with E-state index in [1.54, 1.807) is 16.7 Å². The van der Waals surface area contributed by atoms with E-state index in [1.165, 1.54) is 0 Å². The summed E-state index contributed by atoms with van der Waals surface area (Å²) in [5.74, 6) is 0.506. The SMILES string of the molecule is CNc1ccc2c(c1)N(CCO)C(=O)CS2. The van der Waals surface area contributed by atoms with Gasteiger partial charge in [0.15, 0.2) is 0 Å². The van der Waals surface area contributed by atoms with Crippen LogP contribution in [0.3, 0.4) is 0 Å². The molecular formula is C11H14N2O2S. The number of carbonyl (C=O) groups is 1. The van der Waals surface area contributed by atoms with Gasteiger partial charge >= 0.3 is 0 Å². The quantitative estimate of drug-likeness (QED) is 0.829. The highest BCUT2D eigenvalue weighted by atomic mass is 32.2. The zero-order valence-corrected chi connectivity index (χ0v) is 9.88. The van der Waals surface area contributed by atoms with Gasteiger partial charge in [0.1, 0.15) is 0 Å². The number of aliphatic hydroxyl groups is 1. The van der Waals surface area contributed by atoms with Crippen LogP contribution >= 0.6 is 11.8 Å². The number of benzene rings is 1. The van der Waals surface area contributed by atoms with E-state index in [2.05, 4.69) is 5.32 Å². The Morgan fingerprint density at radius 3 is 3.06 bits per heavy atom. The third kappa shape index (κ3) is 2.01. The van der Waals surface area contributed by atoms with Crippen LogP contribution in [0.1, 0.15) is 0 Å². The molecule has 1 aromatic carbocycles. The van der Waals surface area contributed by atoms with Gasteiger partial charge in [-0.1, -0.05) is 0 Å². The molecule has 2 N–H and O–H groups in total. The van der Waals surface area contributed by atoms with Gasteiger partial charge in [0.2, 0.25) is 5.91 Å². The first-order valence-electron chi connectivity index (χ1n) is 5.12. The summed E-state index contributed by atoms with van der Waals surface area (Å²) in [5.41, 5.74) is 1.86. The number of amides is 1. The largest absolute Gasteiger partial charge is 0.395 e. The van der Waals surface area contributed by atoms with Crippen molar-refractivity contribution < 1.29 is 9.90 Å². The number of rotatable bonds is 3. The average Bonchev–Trinajstić information content (AvgIpc) is 2.32. The molecule has 0 bridgehead atoms. The minimum atomic E-state index is -0.0143. The molecule has 1 heterocycles. The van der Waals surface area contributed by atoms with E-state index < -0.39 is 0 Å². The Kier molecular flexibility index (Phi) is 3.36. The van der Waals surface area contributed by atoms with Gasteiger partial charge in [-0.2, -0.15) is 0 Å². The molecule has 1 aliphatic rings. The van der Waals surface area contributed by atoms with Gasteiger partial charge in [-0.15, -0.1) is 11.8 Å². The smallest absolute Gasteiger partial charge is 0.237 e. The van der Waals surface area contributed by atoms with E-state index in [1.807, 2.05) is 25.2 Å². The van der Waals surface area contributed by atoms with Crippen LogP contribution < -0.4 is 10.2 Å². The molecule has 0 fully saturated rings. The third-order valence-electron chi connectivity index (χ3n) is 2.51. The van der Waals surface area contributed by atoms with Gasteiger partial charge < -0.3 is 15.3 Å². The summed E-state index contributed by atoms with van der Waals surface area (Å²) < 4.78 is 0. The zero-order chi connectivity index (χ0) is 11.5. The van der Waals surface area contributed by atoms with E-state index in [-0.39, 0.29) is 12.5 Å². The summed E-state index contributed by atoms with van der Waals surface area (Å²) in [7, 11) is 1.84. The van der Waals surface area contributed by atoms with E-state index in [9.17, 15) is 4.79 Å². The number of carbonyl (C=O) groups excluding carboxylic acids is 1. The highest BCUT2D eigenvalue weighted by Gasteiger charge is 2.24. The number of aliphatic hydroxyl groups excluding tert-OH is 1. The van der Waals surface area contributed by atoms with E-state index in [4.69, 9.17) is 5.11 Å².